The molecular formula is C44H45N3O6Si. The summed E-state index contributed by atoms with van der Waals surface area (Å²) >= 11 is 0. The molecule has 276 valence electrons. The topological polar surface area (TPSA) is 117 Å². The molecule has 9 nitrogen and oxygen atoms in total. The van der Waals surface area contributed by atoms with Crippen molar-refractivity contribution >= 4 is 48.0 Å². The van der Waals surface area contributed by atoms with E-state index in [1.165, 1.54) is 5.19 Å². The fourth-order valence-corrected chi connectivity index (χ4v) is 12.5. The van der Waals surface area contributed by atoms with E-state index in [9.17, 15) is 14.7 Å². The van der Waals surface area contributed by atoms with Gasteiger partial charge >= 0.3 is 0 Å². The van der Waals surface area contributed by atoms with Crippen LogP contribution in [0.5, 0.6) is 5.75 Å². The molecule has 3 N–H and O–H groups in total. The van der Waals surface area contributed by atoms with E-state index >= 15 is 4.79 Å². The highest BCUT2D eigenvalue weighted by Gasteiger charge is 2.66. The maximum Gasteiger partial charge on any atom is 0.264 e. The highest BCUT2D eigenvalue weighted by atomic mass is 28.3. The second kappa shape index (κ2) is 15.1. The average Bonchev–Trinajstić information content (AvgIpc) is 3.61. The number of ether oxygens (including phenoxy) is 2. The maximum atomic E-state index is 15.2. The van der Waals surface area contributed by atoms with Gasteiger partial charge in [0.2, 0.25) is 0 Å². The van der Waals surface area contributed by atoms with Crippen molar-refractivity contribution in [3.63, 3.8) is 0 Å². The fourth-order valence-electron chi connectivity index (χ4n) is 8.46. The number of rotatable bonds is 11. The van der Waals surface area contributed by atoms with Gasteiger partial charge in [-0.25, -0.2) is 0 Å². The summed E-state index contributed by atoms with van der Waals surface area (Å²) in [6.45, 7) is 6.83. The molecule has 1 spiro atoms. The van der Waals surface area contributed by atoms with Gasteiger partial charge in [-0.3, -0.25) is 14.4 Å². The number of anilines is 3. The summed E-state index contributed by atoms with van der Waals surface area (Å²) in [7, 11) is -0.747. The van der Waals surface area contributed by atoms with Crippen LogP contribution in [0.3, 0.4) is 0 Å². The van der Waals surface area contributed by atoms with Crippen LogP contribution in [-0.4, -0.2) is 50.7 Å². The Labute approximate surface area is 317 Å². The molecule has 2 aliphatic rings. The predicted octanol–water partition coefficient (Wildman–Crippen LogP) is 7.35. The van der Waals surface area contributed by atoms with Crippen LogP contribution < -0.4 is 25.5 Å². The van der Waals surface area contributed by atoms with Gasteiger partial charge in [-0.15, -0.1) is 0 Å². The molecule has 7 rings (SSSR count). The Balaban J connectivity index is 1.27. The van der Waals surface area contributed by atoms with Crippen LogP contribution in [0.1, 0.15) is 45.2 Å². The van der Waals surface area contributed by atoms with E-state index in [2.05, 4.69) is 42.8 Å². The first kappa shape index (κ1) is 36.8. The molecule has 5 aromatic rings. The monoisotopic (exact) mass is 739 g/mol. The Bertz CT molecular complexity index is 2160. The van der Waals surface area contributed by atoms with Crippen molar-refractivity contribution in [1.29, 1.82) is 0 Å². The summed E-state index contributed by atoms with van der Waals surface area (Å²) in [5.74, 6) is -0.195. The van der Waals surface area contributed by atoms with Crippen molar-refractivity contribution in [3.8, 4) is 5.75 Å². The number of aliphatic hydroxyl groups is 1. The SMILES string of the molecule is COc1ccc([Si](C)(C)[C@H]2[C@H](CCO)O[C@@]3(C(=O)N(Cc4cccc(NC(=O)c5ccccc5)c4)c4ccc(NC(=O)c5ccccc5)cc43)[C@@H]2C)cc1. The third kappa shape index (κ3) is 6.72. The molecule has 54 heavy (non-hydrogen) atoms. The zero-order valence-corrected chi connectivity index (χ0v) is 31.9. The summed E-state index contributed by atoms with van der Waals surface area (Å²) in [5.41, 5.74) is 3.00. The molecule has 3 amide bonds. The molecule has 0 unspecified atom stereocenters. The normalized spacial score (nSPS) is 20.5. The van der Waals surface area contributed by atoms with Crippen LogP contribution in [0.4, 0.5) is 17.1 Å². The molecule has 0 radical (unpaired) electrons. The number of hydrogen-bond acceptors (Lipinski definition) is 6. The number of nitrogens with one attached hydrogen (secondary N) is 2. The number of fused-ring (bicyclic) bond motifs is 2. The number of hydrogen-bond donors (Lipinski definition) is 3. The molecule has 0 aliphatic carbocycles. The number of aliphatic hydroxyl groups excluding tert-OH is 1. The molecule has 2 heterocycles. The molecule has 1 saturated heterocycles. The van der Waals surface area contributed by atoms with Gasteiger partial charge in [-0.2, -0.15) is 0 Å². The minimum absolute atomic E-state index is 0.0473. The Morgan fingerprint density at radius 1 is 0.815 bits per heavy atom. The molecule has 10 heteroatoms. The van der Waals surface area contributed by atoms with Crippen LogP contribution in [-0.2, 0) is 21.7 Å². The van der Waals surface area contributed by atoms with Crippen LogP contribution in [0, 0.1) is 5.92 Å². The van der Waals surface area contributed by atoms with Gasteiger partial charge < -0.3 is 30.1 Å². The number of methoxy groups -OCH3 is 1. The lowest BCUT2D eigenvalue weighted by atomic mass is 9.82. The molecular weight excluding hydrogens is 695 g/mol. The quantitative estimate of drug-likeness (QED) is 0.122. The van der Waals surface area contributed by atoms with E-state index in [0.29, 0.717) is 40.2 Å². The maximum absolute atomic E-state index is 15.2. The Hall–Kier alpha value is -5.55. The van der Waals surface area contributed by atoms with Crippen LogP contribution in [0.15, 0.2) is 127 Å². The number of carbonyl (C=O) groups is 3. The van der Waals surface area contributed by atoms with Gasteiger partial charge in [0.15, 0.2) is 5.60 Å². The second-order valence-electron chi connectivity index (χ2n) is 14.6. The zero-order valence-electron chi connectivity index (χ0n) is 30.9. The molecule has 5 aromatic carbocycles. The first-order valence-electron chi connectivity index (χ1n) is 18.3. The lowest BCUT2D eigenvalue weighted by molar-refractivity contribution is -0.146. The standard InChI is InChI=1S/C44H45N3O6Si/c1-29-40(54(3,4)36-21-19-35(52-2)20-22-36)39(24-25-48)53-44(29)37-27-34(46-42(50)32-15-9-6-10-16-32)18-23-38(37)47(43(44)51)28-30-12-11-17-33(26-30)45-41(49)31-13-7-5-8-14-31/h5-23,26-27,29,39-40,48H,24-25,28H2,1-4H3,(H,45,49)(H,46,50)/t29-,39+,40-,44+/m1/s1. The first-order chi connectivity index (χ1) is 26.1. The highest BCUT2D eigenvalue weighted by Crippen LogP contribution is 2.60. The van der Waals surface area contributed by atoms with E-state index in [0.717, 1.165) is 11.3 Å². The van der Waals surface area contributed by atoms with Crippen molar-refractivity contribution < 1.29 is 29.0 Å². The zero-order chi connectivity index (χ0) is 38.0. The largest absolute Gasteiger partial charge is 0.497 e. The van der Waals surface area contributed by atoms with Gasteiger partial charge in [0, 0.05) is 40.6 Å². The van der Waals surface area contributed by atoms with Crippen molar-refractivity contribution in [2.24, 2.45) is 5.92 Å². The smallest absolute Gasteiger partial charge is 0.264 e. The fraction of sp³-hybridized carbons (Fsp3) is 0.250. The summed E-state index contributed by atoms with van der Waals surface area (Å²) in [6.07, 6.45) is -0.0240. The second-order valence-corrected chi connectivity index (χ2v) is 19.3. The third-order valence-electron chi connectivity index (χ3n) is 11.1. The third-order valence-corrected chi connectivity index (χ3v) is 15.5. The Kier molecular flexibility index (Phi) is 10.3. The van der Waals surface area contributed by atoms with Gasteiger partial charge in [-0.05, 0) is 84.3 Å². The number of benzene rings is 5. The van der Waals surface area contributed by atoms with E-state index in [1.54, 1.807) is 36.3 Å². The van der Waals surface area contributed by atoms with Gasteiger partial charge in [0.25, 0.3) is 17.7 Å². The highest BCUT2D eigenvalue weighted by molar-refractivity contribution is 6.91. The lowest BCUT2D eigenvalue weighted by Crippen LogP contribution is -2.51. The molecule has 2 aliphatic heterocycles. The molecule has 0 bridgehead atoms. The van der Waals surface area contributed by atoms with Gasteiger partial charge in [0.05, 0.1) is 33.5 Å². The molecule has 4 atom stereocenters. The number of carbonyl (C=O) groups excluding carboxylic acids is 3. The van der Waals surface area contributed by atoms with Crippen molar-refractivity contribution in [3.05, 3.63) is 150 Å². The van der Waals surface area contributed by atoms with E-state index in [4.69, 9.17) is 9.47 Å². The summed E-state index contributed by atoms with van der Waals surface area (Å²) < 4.78 is 12.5. The summed E-state index contributed by atoms with van der Waals surface area (Å²) in [4.78, 5) is 43.3. The molecule has 0 saturated carbocycles. The van der Waals surface area contributed by atoms with Crippen molar-refractivity contribution in [2.45, 2.75) is 50.2 Å². The summed E-state index contributed by atoms with van der Waals surface area (Å²) in [5, 5.41) is 17.5. The Morgan fingerprint density at radius 2 is 1.43 bits per heavy atom. The van der Waals surface area contributed by atoms with Crippen LogP contribution in [0.2, 0.25) is 18.6 Å². The van der Waals surface area contributed by atoms with Gasteiger partial charge in [-0.1, -0.05) is 85.9 Å². The Morgan fingerprint density at radius 3 is 2.02 bits per heavy atom. The summed E-state index contributed by atoms with van der Waals surface area (Å²) in [6, 6.07) is 39.2. The predicted molar refractivity (Wildman–Crippen MR) is 214 cm³/mol. The van der Waals surface area contributed by atoms with E-state index < -0.39 is 19.8 Å². The lowest BCUT2D eigenvalue weighted by Gasteiger charge is -2.37. The minimum Gasteiger partial charge on any atom is -0.497 e. The van der Waals surface area contributed by atoms with E-state index in [-0.39, 0.29) is 42.3 Å². The molecule has 1 fully saturated rings. The average molecular weight is 740 g/mol. The van der Waals surface area contributed by atoms with E-state index in [1.807, 2.05) is 91.0 Å². The van der Waals surface area contributed by atoms with Crippen LogP contribution >= 0.6 is 0 Å². The minimum atomic E-state index is -2.39. The van der Waals surface area contributed by atoms with Crippen molar-refractivity contribution in [1.82, 2.24) is 0 Å². The first-order valence-corrected chi connectivity index (χ1v) is 21.4. The molecule has 0 aromatic heterocycles. The van der Waals surface area contributed by atoms with Crippen LogP contribution in [0.25, 0.3) is 0 Å². The van der Waals surface area contributed by atoms with Gasteiger partial charge in [0.1, 0.15) is 5.75 Å². The number of nitrogens with zero attached hydrogens (tertiary/aromatic N) is 1. The van der Waals surface area contributed by atoms with Crippen molar-refractivity contribution in [2.75, 3.05) is 29.3 Å². The number of amides is 3.